The van der Waals surface area contributed by atoms with E-state index in [-0.39, 0.29) is 11.0 Å². The Bertz CT molecular complexity index is 23.0. The van der Waals surface area contributed by atoms with E-state index in [1.54, 1.807) is 0 Å². The van der Waals surface area contributed by atoms with Crippen LogP contribution in [0.4, 0.5) is 14.0 Å². The van der Waals surface area contributed by atoms with E-state index in [0.29, 0.717) is 0 Å². The molecule has 0 heterocycles. The minimum Gasteiger partial charge on any atom is 0 e. The summed E-state index contributed by atoms with van der Waals surface area (Å²) in [6, 6.07) is 0. The Morgan fingerprint density at radius 1 is 0.833 bits per heavy atom. The van der Waals surface area contributed by atoms with Crippen molar-refractivity contribution in [1.29, 1.82) is 0 Å². The molecule has 0 saturated carbocycles. The molecule has 0 nitrogen and oxygen atoms in total. The van der Waals surface area contributed by atoms with Gasteiger partial charge in [-0.25, -0.2) is 0 Å². The molecule has 0 N–H and O–H groups in total. The Balaban J connectivity index is 0. The molecule has 0 fully saturated rings. The molecule has 0 saturated heterocycles. The number of hydrogen-bond donors (Lipinski definition) is 0. The summed E-state index contributed by atoms with van der Waals surface area (Å²) in [5, 5.41) is 0. The third kappa shape index (κ3) is 236. The summed E-state index contributed by atoms with van der Waals surface area (Å²) in [7, 11) is 0. The Morgan fingerprint density at radius 3 is 0.833 bits per heavy atom. The molecule has 6 heavy (non-hydrogen) atoms. The second kappa shape index (κ2) is 2.62. The Kier molecular flexibility index (Phi) is 4.23. The molecule has 6 heteroatoms. The van der Waals surface area contributed by atoms with E-state index in [1.165, 1.54) is 0 Å². The van der Waals surface area contributed by atoms with Crippen LogP contribution in [0.25, 0.3) is 0 Å². The normalized spacial score (nSPS) is 10.0. The standard InChI is InChI=1S/F4Ge.Si/c1-5(2,3)4;. The van der Waals surface area contributed by atoms with E-state index in [2.05, 4.69) is 0 Å². The Hall–Kier alpha value is 0.480. The summed E-state index contributed by atoms with van der Waals surface area (Å²) in [4.78, 5) is 0. The van der Waals surface area contributed by atoms with E-state index < -0.39 is 15.1 Å². The van der Waals surface area contributed by atoms with Gasteiger partial charge in [-0.05, 0) is 0 Å². The Morgan fingerprint density at radius 2 is 0.833 bits per heavy atom. The molecule has 0 aromatic rings. The third-order valence-electron chi connectivity index (χ3n) is 0. The van der Waals surface area contributed by atoms with Crippen LogP contribution in [0.5, 0.6) is 0 Å². The predicted octanol–water partition coefficient (Wildman–Crippen LogP) is 0.919. The average molecular weight is 177 g/mol. The van der Waals surface area contributed by atoms with Crippen molar-refractivity contribution in [3.63, 3.8) is 0 Å². The van der Waals surface area contributed by atoms with Gasteiger partial charge in [-0.2, -0.15) is 0 Å². The van der Waals surface area contributed by atoms with Crippen molar-refractivity contribution < 1.29 is 14.0 Å². The average Bonchev–Trinajstić information content (AvgIpc) is 0.722. The maximum atomic E-state index is 9.88. The van der Waals surface area contributed by atoms with Crippen molar-refractivity contribution in [2.45, 2.75) is 0 Å². The first kappa shape index (κ1) is 9.70. The molecule has 0 aliphatic rings. The van der Waals surface area contributed by atoms with Crippen molar-refractivity contribution in [2.24, 2.45) is 0 Å². The molecule has 0 aromatic heterocycles. The van der Waals surface area contributed by atoms with Crippen molar-refractivity contribution in [2.75, 3.05) is 0 Å². The summed E-state index contributed by atoms with van der Waals surface area (Å²) in [5.41, 5.74) is 0. The van der Waals surface area contributed by atoms with E-state index in [4.69, 9.17) is 0 Å². The molecule has 0 atom stereocenters. The van der Waals surface area contributed by atoms with Crippen LogP contribution in [0.15, 0.2) is 0 Å². The molecule has 0 aliphatic heterocycles. The van der Waals surface area contributed by atoms with Crippen LogP contribution in [-0.4, -0.2) is 26.1 Å². The maximum Gasteiger partial charge on any atom is 0 e. The van der Waals surface area contributed by atoms with Crippen LogP contribution < -0.4 is 0 Å². The van der Waals surface area contributed by atoms with Crippen molar-refractivity contribution in [1.82, 2.24) is 0 Å². The second-order valence-corrected chi connectivity index (χ2v) is 2.23. The van der Waals surface area contributed by atoms with E-state index in [0.717, 1.165) is 0 Å². The summed E-state index contributed by atoms with van der Waals surface area (Å²) in [5.74, 6) is 0. The van der Waals surface area contributed by atoms with Crippen LogP contribution >= 0.6 is 0 Å². The maximum absolute atomic E-state index is 9.88. The zero-order valence-corrected chi connectivity index (χ0v) is 5.61. The quantitative estimate of drug-likeness (QED) is 0.381. The monoisotopic (exact) mass is 178 g/mol. The molecule has 0 aliphatic carbocycles. The van der Waals surface area contributed by atoms with E-state index in [9.17, 15) is 14.0 Å². The zero-order chi connectivity index (χ0) is 4.50. The van der Waals surface area contributed by atoms with Crippen LogP contribution in [-0.2, 0) is 0 Å². The van der Waals surface area contributed by atoms with Crippen LogP contribution in [0.2, 0.25) is 0 Å². The van der Waals surface area contributed by atoms with Gasteiger partial charge in [0.05, 0.1) is 0 Å². The molecule has 0 rings (SSSR count). The summed E-state index contributed by atoms with van der Waals surface area (Å²) in [6.45, 7) is 0. The Labute approximate surface area is 40.9 Å². The summed E-state index contributed by atoms with van der Waals surface area (Å²) < 4.78 is 39.5. The zero-order valence-electron chi connectivity index (χ0n) is 2.51. The topological polar surface area (TPSA) is 0 Å². The number of hydrogen-bond acceptors (Lipinski definition) is 0. The van der Waals surface area contributed by atoms with Gasteiger partial charge in [-0.3, -0.25) is 0 Å². The van der Waals surface area contributed by atoms with E-state index >= 15 is 0 Å². The fourth-order valence-corrected chi connectivity index (χ4v) is 0. The first-order valence-corrected chi connectivity index (χ1v) is 3.93. The predicted molar refractivity (Wildman–Crippen MR) is 15.9 cm³/mol. The fourth-order valence-electron chi connectivity index (χ4n) is 0. The van der Waals surface area contributed by atoms with Crippen LogP contribution in [0, 0.1) is 0 Å². The molecule has 0 spiro atoms. The SMILES string of the molecule is [F][Ge]([F])([F])[F].[Si]. The van der Waals surface area contributed by atoms with Gasteiger partial charge in [0, 0.05) is 11.0 Å². The van der Waals surface area contributed by atoms with Crippen molar-refractivity contribution in [3.8, 4) is 0 Å². The minimum atomic E-state index is -7.00. The summed E-state index contributed by atoms with van der Waals surface area (Å²) >= 11 is -7.00. The fraction of sp³-hybridized carbons (Fsp3) is 0. The second-order valence-electron chi connectivity index (χ2n) is 0.429. The van der Waals surface area contributed by atoms with Crippen molar-refractivity contribution in [3.05, 3.63) is 0 Å². The van der Waals surface area contributed by atoms with Gasteiger partial charge in [0.2, 0.25) is 0 Å². The van der Waals surface area contributed by atoms with Gasteiger partial charge >= 0.3 is 29.1 Å². The first-order chi connectivity index (χ1) is 2.00. The molecule has 36 valence electrons. The van der Waals surface area contributed by atoms with Crippen LogP contribution in [0.3, 0.4) is 0 Å². The number of halogens is 4. The van der Waals surface area contributed by atoms with Gasteiger partial charge in [-0.15, -0.1) is 0 Å². The van der Waals surface area contributed by atoms with Gasteiger partial charge < -0.3 is 0 Å². The minimum absolute atomic E-state index is 0. The largest absolute Gasteiger partial charge is 0 e. The summed E-state index contributed by atoms with van der Waals surface area (Å²) in [6.07, 6.45) is 0. The molecular formula is F4GeSi. The third-order valence-corrected chi connectivity index (χ3v) is 0. The number of rotatable bonds is 0. The first-order valence-electron chi connectivity index (χ1n) is 0.756. The molecule has 4 radical (unpaired) electrons. The van der Waals surface area contributed by atoms with Crippen LogP contribution in [0.1, 0.15) is 0 Å². The molecule has 0 unspecified atom stereocenters. The molecule has 0 aromatic carbocycles. The van der Waals surface area contributed by atoms with Gasteiger partial charge in [0.1, 0.15) is 0 Å². The van der Waals surface area contributed by atoms with Gasteiger partial charge in [-0.1, -0.05) is 0 Å². The van der Waals surface area contributed by atoms with Crippen molar-refractivity contribution >= 4 is 26.1 Å². The molecule has 0 amide bonds. The molecule has 0 bridgehead atoms. The van der Waals surface area contributed by atoms with Gasteiger partial charge in [0.15, 0.2) is 0 Å². The van der Waals surface area contributed by atoms with Gasteiger partial charge in [0.25, 0.3) is 0 Å². The molecular weight excluding hydrogens is 177 g/mol. The smallest absolute Gasteiger partial charge is 0 e. The van der Waals surface area contributed by atoms with E-state index in [1.807, 2.05) is 0 Å².